The average molecular weight is 267 g/mol. The van der Waals surface area contributed by atoms with E-state index in [0.717, 1.165) is 30.8 Å². The van der Waals surface area contributed by atoms with E-state index in [1.54, 1.807) is 0 Å². The molecule has 102 valence electrons. The number of thioether (sulfide) groups is 1. The quantitative estimate of drug-likeness (QED) is 0.736. The van der Waals surface area contributed by atoms with Crippen LogP contribution in [0.4, 0.5) is 0 Å². The molecule has 1 heterocycles. The zero-order valence-corrected chi connectivity index (χ0v) is 12.6. The largest absolute Gasteiger partial charge is 0.330 e. The van der Waals surface area contributed by atoms with E-state index in [-0.39, 0.29) is 0 Å². The molecule has 0 aromatic carbocycles. The van der Waals surface area contributed by atoms with Gasteiger partial charge in [0, 0.05) is 11.4 Å². The Labute approximate surface area is 115 Å². The SMILES string of the molecule is CCCSCc1nc(CC)c(CCN)c(CC)n1. The number of hydrogen-bond donors (Lipinski definition) is 1. The zero-order valence-electron chi connectivity index (χ0n) is 11.8. The summed E-state index contributed by atoms with van der Waals surface area (Å²) < 4.78 is 0. The van der Waals surface area contributed by atoms with Gasteiger partial charge in [-0.3, -0.25) is 0 Å². The molecular formula is C14H25N3S. The molecule has 0 saturated carbocycles. The molecule has 0 radical (unpaired) electrons. The van der Waals surface area contributed by atoms with Crippen molar-refractivity contribution in [3.8, 4) is 0 Å². The van der Waals surface area contributed by atoms with Crippen LogP contribution in [0.1, 0.15) is 50.0 Å². The van der Waals surface area contributed by atoms with Gasteiger partial charge in [-0.15, -0.1) is 0 Å². The molecule has 1 aromatic heterocycles. The predicted octanol–water partition coefficient (Wildman–Crippen LogP) is 2.75. The van der Waals surface area contributed by atoms with Gasteiger partial charge in [0.1, 0.15) is 5.82 Å². The Morgan fingerprint density at radius 1 is 1.06 bits per heavy atom. The Morgan fingerprint density at radius 3 is 2.11 bits per heavy atom. The number of aromatic nitrogens is 2. The van der Waals surface area contributed by atoms with Crippen LogP contribution in [-0.4, -0.2) is 22.3 Å². The molecule has 0 amide bonds. The third-order valence-electron chi connectivity index (χ3n) is 2.87. The number of rotatable bonds is 8. The summed E-state index contributed by atoms with van der Waals surface area (Å²) in [5, 5.41) is 0. The summed E-state index contributed by atoms with van der Waals surface area (Å²) >= 11 is 1.91. The smallest absolute Gasteiger partial charge is 0.138 e. The highest BCUT2D eigenvalue weighted by atomic mass is 32.2. The Balaban J connectivity index is 2.94. The first-order valence-corrected chi connectivity index (χ1v) is 8.07. The molecule has 3 nitrogen and oxygen atoms in total. The molecular weight excluding hydrogens is 242 g/mol. The van der Waals surface area contributed by atoms with E-state index < -0.39 is 0 Å². The normalized spacial score (nSPS) is 10.9. The van der Waals surface area contributed by atoms with Crippen molar-refractivity contribution in [2.75, 3.05) is 12.3 Å². The molecule has 0 bridgehead atoms. The standard InChI is InChI=1S/C14H25N3S/c1-4-9-18-10-14-16-12(5-2)11(7-8-15)13(6-3)17-14/h4-10,15H2,1-3H3. The Morgan fingerprint density at radius 2 is 1.67 bits per heavy atom. The van der Waals surface area contributed by atoms with Crippen LogP contribution in [0.5, 0.6) is 0 Å². The fourth-order valence-corrected chi connectivity index (χ4v) is 2.77. The molecule has 0 saturated heterocycles. The van der Waals surface area contributed by atoms with Crippen LogP contribution in [0, 0.1) is 0 Å². The number of aryl methyl sites for hydroxylation is 2. The Kier molecular flexibility index (Phi) is 7.28. The van der Waals surface area contributed by atoms with Gasteiger partial charge in [-0.2, -0.15) is 11.8 Å². The second-order valence-electron chi connectivity index (χ2n) is 4.31. The van der Waals surface area contributed by atoms with Crippen molar-refractivity contribution in [2.45, 2.75) is 52.2 Å². The van der Waals surface area contributed by atoms with E-state index in [2.05, 4.69) is 20.8 Å². The molecule has 0 unspecified atom stereocenters. The molecule has 1 rings (SSSR count). The van der Waals surface area contributed by atoms with Crippen molar-refractivity contribution in [3.63, 3.8) is 0 Å². The molecule has 0 aliphatic carbocycles. The van der Waals surface area contributed by atoms with E-state index in [0.29, 0.717) is 6.54 Å². The van der Waals surface area contributed by atoms with Gasteiger partial charge in [0.05, 0.1) is 5.75 Å². The minimum Gasteiger partial charge on any atom is -0.330 e. The van der Waals surface area contributed by atoms with Crippen LogP contribution in [0.25, 0.3) is 0 Å². The summed E-state index contributed by atoms with van der Waals surface area (Å²) in [6.07, 6.45) is 4.04. The molecule has 0 fully saturated rings. The highest BCUT2D eigenvalue weighted by Gasteiger charge is 2.11. The highest BCUT2D eigenvalue weighted by molar-refractivity contribution is 7.98. The molecule has 18 heavy (non-hydrogen) atoms. The van der Waals surface area contributed by atoms with Crippen LogP contribution in [0.2, 0.25) is 0 Å². The van der Waals surface area contributed by atoms with Crippen molar-refractivity contribution in [3.05, 3.63) is 22.8 Å². The topological polar surface area (TPSA) is 51.8 Å². The van der Waals surface area contributed by atoms with Crippen molar-refractivity contribution in [1.82, 2.24) is 9.97 Å². The molecule has 2 N–H and O–H groups in total. The molecule has 0 spiro atoms. The fraction of sp³-hybridized carbons (Fsp3) is 0.714. The Bertz CT molecular complexity index is 341. The van der Waals surface area contributed by atoms with Gasteiger partial charge in [-0.1, -0.05) is 20.8 Å². The van der Waals surface area contributed by atoms with E-state index in [1.807, 2.05) is 11.8 Å². The number of hydrogen-bond acceptors (Lipinski definition) is 4. The molecule has 1 aromatic rings. The van der Waals surface area contributed by atoms with E-state index >= 15 is 0 Å². The maximum atomic E-state index is 5.68. The van der Waals surface area contributed by atoms with Crippen molar-refractivity contribution >= 4 is 11.8 Å². The first-order chi connectivity index (χ1) is 8.76. The minimum absolute atomic E-state index is 0.674. The zero-order chi connectivity index (χ0) is 13.4. The van der Waals surface area contributed by atoms with Gasteiger partial charge >= 0.3 is 0 Å². The third kappa shape index (κ3) is 4.25. The van der Waals surface area contributed by atoms with Crippen LogP contribution >= 0.6 is 11.8 Å². The van der Waals surface area contributed by atoms with Gasteiger partial charge < -0.3 is 5.73 Å². The minimum atomic E-state index is 0.674. The maximum absolute atomic E-state index is 5.68. The van der Waals surface area contributed by atoms with Crippen molar-refractivity contribution in [1.29, 1.82) is 0 Å². The first kappa shape index (κ1) is 15.4. The second kappa shape index (κ2) is 8.48. The second-order valence-corrected chi connectivity index (χ2v) is 5.42. The monoisotopic (exact) mass is 267 g/mol. The van der Waals surface area contributed by atoms with Gasteiger partial charge in [0.2, 0.25) is 0 Å². The van der Waals surface area contributed by atoms with Gasteiger partial charge in [0.25, 0.3) is 0 Å². The lowest BCUT2D eigenvalue weighted by Crippen LogP contribution is -2.13. The molecule has 4 heteroatoms. The van der Waals surface area contributed by atoms with Crippen LogP contribution < -0.4 is 5.73 Å². The molecule has 0 atom stereocenters. The van der Waals surface area contributed by atoms with E-state index in [4.69, 9.17) is 15.7 Å². The Hall–Kier alpha value is -0.610. The van der Waals surface area contributed by atoms with Crippen LogP contribution in [0.3, 0.4) is 0 Å². The number of nitrogens with zero attached hydrogens (tertiary/aromatic N) is 2. The van der Waals surface area contributed by atoms with E-state index in [9.17, 15) is 0 Å². The van der Waals surface area contributed by atoms with Crippen LogP contribution in [0.15, 0.2) is 0 Å². The lowest BCUT2D eigenvalue weighted by molar-refractivity contribution is 0.815. The molecule has 0 aliphatic heterocycles. The number of nitrogens with two attached hydrogens (primary N) is 1. The average Bonchev–Trinajstić information content (AvgIpc) is 2.40. The summed E-state index contributed by atoms with van der Waals surface area (Å²) in [4.78, 5) is 9.41. The summed E-state index contributed by atoms with van der Waals surface area (Å²) in [6, 6.07) is 0. The summed E-state index contributed by atoms with van der Waals surface area (Å²) in [5.41, 5.74) is 9.36. The van der Waals surface area contributed by atoms with Crippen LogP contribution in [-0.2, 0) is 25.0 Å². The molecule has 0 aliphatic rings. The van der Waals surface area contributed by atoms with Gasteiger partial charge in [-0.25, -0.2) is 9.97 Å². The lowest BCUT2D eigenvalue weighted by Gasteiger charge is -2.13. The summed E-state index contributed by atoms with van der Waals surface area (Å²) in [7, 11) is 0. The summed E-state index contributed by atoms with van der Waals surface area (Å²) in [6.45, 7) is 7.19. The predicted molar refractivity (Wildman–Crippen MR) is 80.0 cm³/mol. The maximum Gasteiger partial charge on any atom is 0.138 e. The van der Waals surface area contributed by atoms with E-state index in [1.165, 1.54) is 29.1 Å². The lowest BCUT2D eigenvalue weighted by atomic mass is 10.0. The van der Waals surface area contributed by atoms with Gasteiger partial charge in [-0.05, 0) is 43.5 Å². The van der Waals surface area contributed by atoms with Crippen molar-refractivity contribution in [2.24, 2.45) is 5.73 Å². The van der Waals surface area contributed by atoms with Gasteiger partial charge in [0.15, 0.2) is 0 Å². The fourth-order valence-electron chi connectivity index (χ4n) is 2.03. The highest BCUT2D eigenvalue weighted by Crippen LogP contribution is 2.17. The summed E-state index contributed by atoms with van der Waals surface area (Å²) in [5.74, 6) is 3.09. The van der Waals surface area contributed by atoms with Crippen molar-refractivity contribution < 1.29 is 0 Å². The first-order valence-electron chi connectivity index (χ1n) is 6.92. The third-order valence-corrected chi connectivity index (χ3v) is 4.03.